The lowest BCUT2D eigenvalue weighted by molar-refractivity contribution is -0.192. The second kappa shape index (κ2) is 7.44. The molecule has 3 heterocycles. The fraction of sp³-hybridized carbons (Fsp3) is 0.688. The molecule has 4 rings (SSSR count). The summed E-state index contributed by atoms with van der Waals surface area (Å²) in [6.07, 6.45) is 2.04. The van der Waals surface area contributed by atoms with Crippen LogP contribution < -0.4 is 0 Å². The van der Waals surface area contributed by atoms with Crippen molar-refractivity contribution >= 4 is 16.0 Å². The second-order valence-corrected chi connectivity index (χ2v) is 9.14. The first-order chi connectivity index (χ1) is 12.6. The Balaban J connectivity index is 0.000000260. The summed E-state index contributed by atoms with van der Waals surface area (Å²) < 4.78 is 63.6. The third-order valence-corrected chi connectivity index (χ3v) is 7.54. The molecule has 0 spiro atoms. The van der Waals surface area contributed by atoms with Crippen LogP contribution in [0.1, 0.15) is 31.2 Å². The van der Waals surface area contributed by atoms with E-state index in [1.807, 2.05) is 10.4 Å². The van der Waals surface area contributed by atoms with Gasteiger partial charge in [-0.05, 0) is 31.7 Å². The normalized spacial score (nSPS) is 26.5. The van der Waals surface area contributed by atoms with Crippen LogP contribution in [0.5, 0.6) is 0 Å². The van der Waals surface area contributed by atoms with Crippen molar-refractivity contribution in [2.75, 3.05) is 13.1 Å². The topological polar surface area (TPSA) is 91.1 Å². The Hall–Kier alpha value is -1.59. The third kappa shape index (κ3) is 4.46. The zero-order chi connectivity index (χ0) is 19.8. The van der Waals surface area contributed by atoms with E-state index >= 15 is 0 Å². The minimum absolute atomic E-state index is 0.0795. The summed E-state index contributed by atoms with van der Waals surface area (Å²) >= 11 is 0. The van der Waals surface area contributed by atoms with Crippen LogP contribution in [-0.4, -0.2) is 65.3 Å². The Bertz CT molecular complexity index is 762. The molecule has 2 aliphatic heterocycles. The van der Waals surface area contributed by atoms with Gasteiger partial charge in [0.1, 0.15) is 0 Å². The third-order valence-electron chi connectivity index (χ3n) is 5.12. The molecule has 0 amide bonds. The number of rotatable bonds is 4. The molecular weight excluding hydrogens is 389 g/mol. The number of hydrogen-bond acceptors (Lipinski definition) is 5. The summed E-state index contributed by atoms with van der Waals surface area (Å²) in [6.45, 7) is 2.56. The molecule has 152 valence electrons. The molecule has 1 aromatic rings. The van der Waals surface area contributed by atoms with Gasteiger partial charge in [0.15, 0.2) is 0 Å². The predicted octanol–water partition coefficient (Wildman–Crippen LogP) is 2.05. The van der Waals surface area contributed by atoms with E-state index in [1.54, 1.807) is 12.5 Å². The summed E-state index contributed by atoms with van der Waals surface area (Å²) in [6, 6.07) is 2.58. The first-order valence-electron chi connectivity index (χ1n) is 8.66. The molecule has 1 aliphatic carbocycles. The number of sulfonamides is 1. The van der Waals surface area contributed by atoms with Crippen molar-refractivity contribution in [1.29, 1.82) is 0 Å². The van der Waals surface area contributed by atoms with Gasteiger partial charge in [0, 0.05) is 37.3 Å². The lowest BCUT2D eigenvalue weighted by Gasteiger charge is -2.25. The Labute approximate surface area is 154 Å². The van der Waals surface area contributed by atoms with Crippen molar-refractivity contribution < 1.29 is 35.9 Å². The maximum absolute atomic E-state index is 12.5. The monoisotopic (exact) mass is 410 g/mol. The maximum atomic E-state index is 12.5. The Morgan fingerprint density at radius 3 is 2.33 bits per heavy atom. The van der Waals surface area contributed by atoms with Crippen molar-refractivity contribution in [3.05, 3.63) is 24.2 Å². The summed E-state index contributed by atoms with van der Waals surface area (Å²) in [7, 11) is -3.02. The summed E-state index contributed by atoms with van der Waals surface area (Å²) in [5.74, 6) is -2.76. The SMILES string of the molecule is O=C(O)C(F)(F)F.O=S(=O)(C1CC1)N1CC[C@@H]2[C@@H]1CCN2Cc1ccoc1. The highest BCUT2D eigenvalue weighted by Crippen LogP contribution is 2.39. The van der Waals surface area contributed by atoms with E-state index in [9.17, 15) is 21.6 Å². The highest BCUT2D eigenvalue weighted by Gasteiger charge is 2.50. The van der Waals surface area contributed by atoms with Gasteiger partial charge in [-0.1, -0.05) is 0 Å². The van der Waals surface area contributed by atoms with Gasteiger partial charge in [-0.2, -0.15) is 17.5 Å². The fourth-order valence-corrected chi connectivity index (χ4v) is 5.82. The molecule has 0 bridgehead atoms. The van der Waals surface area contributed by atoms with E-state index in [1.165, 1.54) is 5.56 Å². The standard InChI is InChI=1S/C14H20N2O3S.C2HF3O2/c17-20(18,12-1-2-12)16-7-4-13-14(16)3-6-15(13)9-11-5-8-19-10-11;3-2(4,5)1(6)7/h5,8,10,12-14H,1-4,6-7,9H2;(H,6,7)/t13-,14+;/m1./s1. The molecule has 0 aromatic carbocycles. The largest absolute Gasteiger partial charge is 0.490 e. The van der Waals surface area contributed by atoms with E-state index in [4.69, 9.17) is 14.3 Å². The van der Waals surface area contributed by atoms with Gasteiger partial charge in [0.25, 0.3) is 0 Å². The maximum Gasteiger partial charge on any atom is 0.490 e. The van der Waals surface area contributed by atoms with Crippen LogP contribution >= 0.6 is 0 Å². The molecule has 0 radical (unpaired) electrons. The predicted molar refractivity (Wildman–Crippen MR) is 88.3 cm³/mol. The number of halogens is 3. The molecule has 3 aliphatic rings. The zero-order valence-electron chi connectivity index (χ0n) is 14.4. The van der Waals surface area contributed by atoms with E-state index in [-0.39, 0.29) is 11.3 Å². The molecule has 11 heteroatoms. The minimum Gasteiger partial charge on any atom is -0.475 e. The molecule has 0 unspecified atom stereocenters. The number of furan rings is 1. The molecule has 1 saturated carbocycles. The molecule has 2 atom stereocenters. The van der Waals surface area contributed by atoms with E-state index < -0.39 is 22.2 Å². The summed E-state index contributed by atoms with van der Waals surface area (Å²) in [5.41, 5.74) is 1.18. The number of nitrogens with zero attached hydrogens (tertiary/aromatic N) is 2. The molecule has 1 N–H and O–H groups in total. The van der Waals surface area contributed by atoms with Gasteiger partial charge in [-0.3, -0.25) is 4.90 Å². The summed E-state index contributed by atoms with van der Waals surface area (Å²) in [4.78, 5) is 11.3. The average Bonchev–Trinajstić information content (AvgIpc) is 3.00. The van der Waals surface area contributed by atoms with E-state index in [0.717, 1.165) is 38.8 Å². The molecule has 27 heavy (non-hydrogen) atoms. The minimum atomic E-state index is -5.08. The number of carboxylic acids is 1. The number of carbonyl (C=O) groups is 1. The van der Waals surface area contributed by atoms with Crippen molar-refractivity contribution in [2.45, 2.75) is 55.7 Å². The van der Waals surface area contributed by atoms with Crippen molar-refractivity contribution in [3.63, 3.8) is 0 Å². The highest BCUT2D eigenvalue weighted by atomic mass is 32.2. The number of hydrogen-bond donors (Lipinski definition) is 1. The lowest BCUT2D eigenvalue weighted by Crippen LogP contribution is -2.41. The molecule has 3 fully saturated rings. The van der Waals surface area contributed by atoms with Gasteiger partial charge in [-0.25, -0.2) is 13.2 Å². The number of alkyl halides is 3. The van der Waals surface area contributed by atoms with Crippen LogP contribution in [0.2, 0.25) is 0 Å². The van der Waals surface area contributed by atoms with Gasteiger partial charge in [-0.15, -0.1) is 0 Å². The van der Waals surface area contributed by atoms with Crippen molar-refractivity contribution in [1.82, 2.24) is 9.21 Å². The number of aliphatic carboxylic acids is 1. The smallest absolute Gasteiger partial charge is 0.475 e. The molecule has 1 aromatic heterocycles. The number of likely N-dealkylation sites (tertiary alicyclic amines) is 1. The van der Waals surface area contributed by atoms with Crippen molar-refractivity contribution in [3.8, 4) is 0 Å². The zero-order valence-corrected chi connectivity index (χ0v) is 15.2. The van der Waals surface area contributed by atoms with Crippen LogP contribution in [0.15, 0.2) is 23.0 Å². The van der Waals surface area contributed by atoms with Gasteiger partial charge in [0.05, 0.1) is 17.8 Å². The van der Waals surface area contributed by atoms with Crippen LogP contribution in [0.4, 0.5) is 13.2 Å². The van der Waals surface area contributed by atoms with Crippen LogP contribution in [0, 0.1) is 0 Å². The first-order valence-corrected chi connectivity index (χ1v) is 10.2. The fourth-order valence-electron chi connectivity index (χ4n) is 3.72. The van der Waals surface area contributed by atoms with Crippen LogP contribution in [0.25, 0.3) is 0 Å². The Morgan fingerprint density at radius 1 is 1.19 bits per heavy atom. The van der Waals surface area contributed by atoms with Crippen LogP contribution in [0.3, 0.4) is 0 Å². The molecule has 2 saturated heterocycles. The van der Waals surface area contributed by atoms with Crippen LogP contribution in [-0.2, 0) is 21.4 Å². The first kappa shape index (κ1) is 20.2. The average molecular weight is 410 g/mol. The number of fused-ring (bicyclic) bond motifs is 1. The van der Waals surface area contributed by atoms with E-state index in [2.05, 4.69) is 4.90 Å². The molecule has 7 nitrogen and oxygen atoms in total. The quantitative estimate of drug-likeness (QED) is 0.817. The van der Waals surface area contributed by atoms with E-state index in [0.29, 0.717) is 12.6 Å². The second-order valence-electron chi connectivity index (χ2n) is 6.97. The Kier molecular flexibility index (Phi) is 5.55. The summed E-state index contributed by atoms with van der Waals surface area (Å²) in [5, 5.41) is 7.05. The number of carboxylic acid groups (broad SMARTS) is 1. The molecular formula is C16H21F3N2O5S. The van der Waals surface area contributed by atoms with Crippen molar-refractivity contribution in [2.24, 2.45) is 0 Å². The Morgan fingerprint density at radius 2 is 1.81 bits per heavy atom. The van der Waals surface area contributed by atoms with Gasteiger partial charge >= 0.3 is 12.1 Å². The lowest BCUT2D eigenvalue weighted by atomic mass is 10.1. The highest BCUT2D eigenvalue weighted by molar-refractivity contribution is 7.90. The van der Waals surface area contributed by atoms with Gasteiger partial charge in [0.2, 0.25) is 10.0 Å². The van der Waals surface area contributed by atoms with Gasteiger partial charge < -0.3 is 9.52 Å².